The number of likely N-dealkylation sites (tertiary alicyclic amines) is 1. The van der Waals surface area contributed by atoms with Gasteiger partial charge in [0.1, 0.15) is 0 Å². The number of benzene rings is 1. The highest BCUT2D eigenvalue weighted by Gasteiger charge is 2.40. The number of aliphatic hydroxyl groups excluding tert-OH is 1. The fourth-order valence-electron chi connectivity index (χ4n) is 2.73. The fraction of sp³-hybridized carbons (Fsp3) is 0.467. The van der Waals surface area contributed by atoms with E-state index in [0.717, 1.165) is 12.8 Å². The van der Waals surface area contributed by atoms with Gasteiger partial charge in [-0.15, -0.1) is 0 Å². The number of nitrogens with one attached hydrogen (secondary N) is 1. The summed E-state index contributed by atoms with van der Waals surface area (Å²) in [4.78, 5) is 25.8. The predicted octanol–water partition coefficient (Wildman–Crippen LogP) is 1.91. The van der Waals surface area contributed by atoms with Gasteiger partial charge in [-0.05, 0) is 36.6 Å². The third kappa shape index (κ3) is 3.37. The van der Waals surface area contributed by atoms with E-state index in [1.54, 1.807) is 0 Å². The lowest BCUT2D eigenvalue weighted by atomic mass is 10.1. The molecule has 2 fully saturated rings. The molecular formula is C15H16Cl2N2O3. The van der Waals surface area contributed by atoms with Gasteiger partial charge in [-0.3, -0.25) is 9.59 Å². The standard InChI is InChI=1S/C15H16Cl2N2O3/c16-9-3-8(4-10(17)5-9)14(21)15(22)18-11-6-13(20)19(7-11)12-1-2-12/h3-5,11-12,14,21H,1-2,6-7H2,(H,18,22). The van der Waals surface area contributed by atoms with E-state index in [1.807, 2.05) is 4.90 Å². The molecule has 7 heteroatoms. The lowest BCUT2D eigenvalue weighted by Crippen LogP contribution is -2.40. The summed E-state index contributed by atoms with van der Waals surface area (Å²) < 4.78 is 0. The molecule has 1 aliphatic heterocycles. The van der Waals surface area contributed by atoms with Crippen LogP contribution in [-0.2, 0) is 9.59 Å². The molecule has 0 spiro atoms. The number of nitrogens with zero attached hydrogens (tertiary/aromatic N) is 1. The molecule has 2 amide bonds. The van der Waals surface area contributed by atoms with E-state index >= 15 is 0 Å². The van der Waals surface area contributed by atoms with Crippen molar-refractivity contribution in [2.75, 3.05) is 6.54 Å². The van der Waals surface area contributed by atoms with Crippen LogP contribution in [0, 0.1) is 0 Å². The fourth-order valence-corrected chi connectivity index (χ4v) is 3.27. The summed E-state index contributed by atoms with van der Waals surface area (Å²) in [6.45, 7) is 0.512. The first kappa shape index (κ1) is 15.6. The molecule has 1 saturated carbocycles. The van der Waals surface area contributed by atoms with Gasteiger partial charge in [-0.25, -0.2) is 0 Å². The Labute approximate surface area is 138 Å². The Bertz CT molecular complexity index is 599. The first-order valence-corrected chi connectivity index (χ1v) is 7.93. The predicted molar refractivity (Wildman–Crippen MR) is 82.7 cm³/mol. The van der Waals surface area contributed by atoms with Crippen molar-refractivity contribution in [1.29, 1.82) is 0 Å². The van der Waals surface area contributed by atoms with Gasteiger partial charge in [0.2, 0.25) is 5.91 Å². The van der Waals surface area contributed by atoms with Crippen molar-refractivity contribution in [3.63, 3.8) is 0 Å². The molecule has 2 N–H and O–H groups in total. The first-order chi connectivity index (χ1) is 10.4. The molecule has 5 nitrogen and oxygen atoms in total. The topological polar surface area (TPSA) is 69.6 Å². The van der Waals surface area contributed by atoms with Crippen molar-refractivity contribution >= 4 is 35.0 Å². The number of hydrogen-bond acceptors (Lipinski definition) is 3. The molecule has 1 aliphatic carbocycles. The second-order valence-corrected chi connectivity index (χ2v) is 6.67. The van der Waals surface area contributed by atoms with E-state index in [2.05, 4.69) is 5.32 Å². The van der Waals surface area contributed by atoms with Crippen molar-refractivity contribution in [3.05, 3.63) is 33.8 Å². The molecule has 22 heavy (non-hydrogen) atoms. The molecule has 118 valence electrons. The van der Waals surface area contributed by atoms with Gasteiger partial charge >= 0.3 is 0 Å². The van der Waals surface area contributed by atoms with Gasteiger partial charge in [0.25, 0.3) is 5.91 Å². The highest BCUT2D eigenvalue weighted by molar-refractivity contribution is 6.34. The molecule has 3 rings (SSSR count). The zero-order chi connectivity index (χ0) is 15.9. The summed E-state index contributed by atoms with van der Waals surface area (Å²) in [5, 5.41) is 13.5. The molecule has 0 aromatic heterocycles. The normalized spacial score (nSPS) is 22.8. The van der Waals surface area contributed by atoms with Gasteiger partial charge in [0.15, 0.2) is 6.10 Å². The summed E-state index contributed by atoms with van der Waals surface area (Å²) in [6.07, 6.45) is 0.999. The third-order valence-electron chi connectivity index (χ3n) is 3.94. The van der Waals surface area contributed by atoms with Crippen LogP contribution in [-0.4, -0.2) is 40.4 Å². The van der Waals surface area contributed by atoms with Gasteiger partial charge in [0, 0.05) is 29.1 Å². The van der Waals surface area contributed by atoms with Gasteiger partial charge in [0.05, 0.1) is 6.04 Å². The van der Waals surface area contributed by atoms with Gasteiger partial charge in [-0.1, -0.05) is 23.2 Å². The van der Waals surface area contributed by atoms with E-state index in [0.29, 0.717) is 28.2 Å². The number of carbonyl (C=O) groups is 2. The van der Waals surface area contributed by atoms with Gasteiger partial charge < -0.3 is 15.3 Å². The molecule has 0 bridgehead atoms. The Balaban J connectivity index is 1.63. The minimum Gasteiger partial charge on any atom is -0.378 e. The van der Waals surface area contributed by atoms with E-state index < -0.39 is 12.0 Å². The van der Waals surface area contributed by atoms with E-state index in [4.69, 9.17) is 23.2 Å². The van der Waals surface area contributed by atoms with E-state index in [-0.39, 0.29) is 18.4 Å². The summed E-state index contributed by atoms with van der Waals surface area (Å²) in [5.74, 6) is -0.484. The minimum absolute atomic E-state index is 0.0630. The average molecular weight is 343 g/mol. The molecule has 1 saturated heterocycles. The molecule has 2 aliphatic rings. The Hall–Kier alpha value is -1.30. The highest BCUT2D eigenvalue weighted by Crippen LogP contribution is 2.31. The Morgan fingerprint density at radius 3 is 2.50 bits per heavy atom. The summed E-state index contributed by atoms with van der Waals surface area (Å²) in [5.41, 5.74) is 0.332. The van der Waals surface area contributed by atoms with Crippen LogP contribution >= 0.6 is 23.2 Å². The summed E-state index contributed by atoms with van der Waals surface area (Å²) >= 11 is 11.7. The lowest BCUT2D eigenvalue weighted by molar-refractivity contribution is -0.130. The van der Waals surface area contributed by atoms with Crippen LogP contribution in [0.3, 0.4) is 0 Å². The van der Waals surface area contributed by atoms with Crippen molar-refractivity contribution in [1.82, 2.24) is 10.2 Å². The van der Waals surface area contributed by atoms with Crippen LogP contribution in [0.1, 0.15) is 30.9 Å². The third-order valence-corrected chi connectivity index (χ3v) is 4.38. The van der Waals surface area contributed by atoms with Crippen molar-refractivity contribution in [2.24, 2.45) is 0 Å². The van der Waals surface area contributed by atoms with Crippen molar-refractivity contribution in [3.8, 4) is 0 Å². The van der Waals surface area contributed by atoms with Crippen LogP contribution < -0.4 is 5.32 Å². The maximum absolute atomic E-state index is 12.1. The smallest absolute Gasteiger partial charge is 0.253 e. The van der Waals surface area contributed by atoms with Crippen molar-refractivity contribution < 1.29 is 14.7 Å². The number of amides is 2. The van der Waals surface area contributed by atoms with Crippen LogP contribution in [0.2, 0.25) is 10.0 Å². The Morgan fingerprint density at radius 1 is 1.27 bits per heavy atom. The molecule has 1 heterocycles. The number of rotatable bonds is 4. The van der Waals surface area contributed by atoms with Crippen LogP contribution in [0.5, 0.6) is 0 Å². The largest absolute Gasteiger partial charge is 0.378 e. The Kier molecular flexibility index (Phi) is 4.30. The minimum atomic E-state index is -1.36. The van der Waals surface area contributed by atoms with Crippen LogP contribution in [0.15, 0.2) is 18.2 Å². The molecule has 2 unspecified atom stereocenters. The Morgan fingerprint density at radius 2 is 1.91 bits per heavy atom. The zero-order valence-electron chi connectivity index (χ0n) is 11.8. The lowest BCUT2D eigenvalue weighted by Gasteiger charge is -2.18. The van der Waals surface area contributed by atoms with E-state index in [9.17, 15) is 14.7 Å². The highest BCUT2D eigenvalue weighted by atomic mass is 35.5. The molecule has 0 radical (unpaired) electrons. The average Bonchev–Trinajstić information content (AvgIpc) is 3.21. The zero-order valence-corrected chi connectivity index (χ0v) is 13.3. The van der Waals surface area contributed by atoms with Crippen LogP contribution in [0.4, 0.5) is 0 Å². The maximum Gasteiger partial charge on any atom is 0.253 e. The maximum atomic E-state index is 12.1. The number of halogens is 2. The molecule has 1 aromatic rings. The number of carbonyl (C=O) groups excluding carboxylic acids is 2. The quantitative estimate of drug-likeness (QED) is 0.877. The molecular weight excluding hydrogens is 327 g/mol. The van der Waals surface area contributed by atoms with Crippen LogP contribution in [0.25, 0.3) is 0 Å². The molecule has 1 aromatic carbocycles. The second-order valence-electron chi connectivity index (χ2n) is 5.79. The summed E-state index contributed by atoms with van der Waals surface area (Å²) in [6, 6.07) is 4.60. The van der Waals surface area contributed by atoms with E-state index in [1.165, 1.54) is 18.2 Å². The number of aliphatic hydroxyl groups is 1. The molecule has 2 atom stereocenters. The summed E-state index contributed by atoms with van der Waals surface area (Å²) in [7, 11) is 0. The number of hydrogen-bond donors (Lipinski definition) is 2. The first-order valence-electron chi connectivity index (χ1n) is 7.18. The van der Waals surface area contributed by atoms with Crippen molar-refractivity contribution in [2.45, 2.75) is 37.5 Å². The second kappa shape index (κ2) is 6.07. The SMILES string of the molecule is O=C(NC1CC(=O)N(C2CC2)C1)C(O)c1cc(Cl)cc(Cl)c1. The monoisotopic (exact) mass is 342 g/mol. The van der Waals surface area contributed by atoms with Gasteiger partial charge in [-0.2, -0.15) is 0 Å².